The van der Waals surface area contributed by atoms with E-state index >= 15 is 0 Å². The van der Waals surface area contributed by atoms with Gasteiger partial charge < -0.3 is 13.8 Å². The van der Waals surface area contributed by atoms with Crippen molar-refractivity contribution in [3.63, 3.8) is 0 Å². The molecule has 0 aliphatic carbocycles. The molecule has 9 heteroatoms. The number of hydrogen-bond donors (Lipinski definition) is 0. The second-order valence-corrected chi connectivity index (χ2v) is 8.02. The summed E-state index contributed by atoms with van der Waals surface area (Å²) in [6.45, 7) is 0.442. The quantitative estimate of drug-likeness (QED) is 0.292. The zero-order valence-corrected chi connectivity index (χ0v) is 18.8. The lowest BCUT2D eigenvalue weighted by atomic mass is 10.1. The van der Waals surface area contributed by atoms with Crippen molar-refractivity contribution in [2.24, 2.45) is 0 Å². The molecule has 0 amide bonds. The van der Waals surface area contributed by atoms with Gasteiger partial charge in [0.2, 0.25) is 11.6 Å². The van der Waals surface area contributed by atoms with Crippen LogP contribution < -0.4 is 4.74 Å². The number of benzene rings is 2. The highest BCUT2D eigenvalue weighted by molar-refractivity contribution is 6.37. The van der Waals surface area contributed by atoms with Gasteiger partial charge in [-0.05, 0) is 48.0 Å². The van der Waals surface area contributed by atoms with E-state index in [2.05, 4.69) is 15.1 Å². The number of ketones is 1. The summed E-state index contributed by atoms with van der Waals surface area (Å²) in [4.78, 5) is 21.9. The standard InChI is InChI=1S/C24H16Cl2N4O3/c1-32-16-9-10-19-17(12-16)20(22(26)30(19)13-14-5-7-15(25)8-6-14)21(31)23-28-24(33-29-23)18-4-2-3-11-27-18/h2-12H,13H2,1H3. The van der Waals surface area contributed by atoms with Gasteiger partial charge in [0.15, 0.2) is 0 Å². The second-order valence-electron chi connectivity index (χ2n) is 7.23. The van der Waals surface area contributed by atoms with Crippen LogP contribution >= 0.6 is 23.2 Å². The molecule has 164 valence electrons. The van der Waals surface area contributed by atoms with E-state index in [0.717, 1.165) is 11.1 Å². The fraction of sp³-hybridized carbons (Fsp3) is 0.0833. The number of halogens is 2. The van der Waals surface area contributed by atoms with Crippen molar-refractivity contribution < 1.29 is 14.1 Å². The molecule has 0 radical (unpaired) electrons. The Balaban J connectivity index is 1.61. The van der Waals surface area contributed by atoms with E-state index in [4.69, 9.17) is 32.5 Å². The van der Waals surface area contributed by atoms with Crippen LogP contribution in [0.1, 0.15) is 21.7 Å². The average Bonchev–Trinajstić information content (AvgIpc) is 3.44. The predicted molar refractivity (Wildman–Crippen MR) is 125 cm³/mol. The monoisotopic (exact) mass is 478 g/mol. The number of rotatable bonds is 6. The first-order valence-electron chi connectivity index (χ1n) is 9.95. The average molecular weight is 479 g/mol. The number of pyridine rings is 1. The summed E-state index contributed by atoms with van der Waals surface area (Å²) < 4.78 is 12.5. The Kier molecular flexibility index (Phi) is 5.58. The molecule has 0 aliphatic rings. The van der Waals surface area contributed by atoms with Gasteiger partial charge in [-0.15, -0.1) is 0 Å². The largest absolute Gasteiger partial charge is 0.497 e. The number of methoxy groups -OCH3 is 1. The minimum Gasteiger partial charge on any atom is -0.497 e. The van der Waals surface area contributed by atoms with Crippen molar-refractivity contribution in [1.82, 2.24) is 19.7 Å². The number of carbonyl (C=O) groups is 1. The molecule has 33 heavy (non-hydrogen) atoms. The van der Waals surface area contributed by atoms with Crippen LogP contribution in [0.4, 0.5) is 0 Å². The van der Waals surface area contributed by atoms with E-state index in [1.165, 1.54) is 0 Å². The number of hydrogen-bond acceptors (Lipinski definition) is 6. The van der Waals surface area contributed by atoms with E-state index in [9.17, 15) is 4.79 Å². The van der Waals surface area contributed by atoms with E-state index in [1.54, 1.807) is 37.6 Å². The first kappa shape index (κ1) is 21.2. The molecule has 0 spiro atoms. The third-order valence-corrected chi connectivity index (χ3v) is 5.85. The maximum Gasteiger partial charge on any atom is 0.276 e. The molecular formula is C24H16Cl2N4O3. The van der Waals surface area contributed by atoms with Crippen LogP contribution in [0.3, 0.4) is 0 Å². The Labute approximate surface area is 198 Å². The summed E-state index contributed by atoms with van der Waals surface area (Å²) in [6, 6.07) is 18.2. The summed E-state index contributed by atoms with van der Waals surface area (Å²) in [5, 5.41) is 5.41. The van der Waals surface area contributed by atoms with Gasteiger partial charge in [-0.3, -0.25) is 9.78 Å². The Hall–Kier alpha value is -3.68. The fourth-order valence-corrected chi connectivity index (χ4v) is 4.06. The molecule has 5 aromatic rings. The van der Waals surface area contributed by atoms with Gasteiger partial charge >= 0.3 is 0 Å². The molecule has 0 unspecified atom stereocenters. The van der Waals surface area contributed by atoms with Gasteiger partial charge in [0.1, 0.15) is 16.6 Å². The minimum atomic E-state index is -0.459. The van der Waals surface area contributed by atoms with E-state index in [-0.39, 0.29) is 22.4 Å². The molecule has 2 aromatic carbocycles. The maximum atomic E-state index is 13.5. The smallest absolute Gasteiger partial charge is 0.276 e. The second kappa shape index (κ2) is 8.69. The molecule has 0 saturated carbocycles. The fourth-order valence-electron chi connectivity index (χ4n) is 3.59. The van der Waals surface area contributed by atoms with Crippen molar-refractivity contribution in [2.45, 2.75) is 6.54 Å². The highest BCUT2D eigenvalue weighted by atomic mass is 35.5. The lowest BCUT2D eigenvalue weighted by molar-refractivity contribution is 0.102. The number of carbonyl (C=O) groups excluding carboxylic acids is 1. The summed E-state index contributed by atoms with van der Waals surface area (Å²) in [6.07, 6.45) is 1.61. The van der Waals surface area contributed by atoms with Crippen LogP contribution in [0.25, 0.3) is 22.5 Å². The van der Waals surface area contributed by atoms with Gasteiger partial charge in [0, 0.05) is 23.2 Å². The Morgan fingerprint density at radius 3 is 2.64 bits per heavy atom. The van der Waals surface area contributed by atoms with Crippen molar-refractivity contribution in [3.05, 3.63) is 94.0 Å². The Morgan fingerprint density at radius 2 is 1.91 bits per heavy atom. The molecule has 0 atom stereocenters. The van der Waals surface area contributed by atoms with Gasteiger partial charge in [-0.25, -0.2) is 0 Å². The summed E-state index contributed by atoms with van der Waals surface area (Å²) >= 11 is 12.8. The highest BCUT2D eigenvalue weighted by Gasteiger charge is 2.27. The van der Waals surface area contributed by atoms with Crippen LogP contribution in [0.15, 0.2) is 71.4 Å². The Bertz CT molecular complexity index is 1460. The van der Waals surface area contributed by atoms with Crippen LogP contribution in [0.5, 0.6) is 5.75 Å². The van der Waals surface area contributed by atoms with E-state index in [1.807, 2.05) is 41.0 Å². The molecule has 3 aromatic heterocycles. The lowest BCUT2D eigenvalue weighted by Gasteiger charge is -2.08. The van der Waals surface area contributed by atoms with Crippen molar-refractivity contribution in [3.8, 4) is 17.3 Å². The molecular weight excluding hydrogens is 463 g/mol. The predicted octanol–water partition coefficient (Wildman–Crippen LogP) is 5.68. The van der Waals surface area contributed by atoms with Crippen molar-refractivity contribution >= 4 is 39.9 Å². The topological polar surface area (TPSA) is 83.0 Å². The lowest BCUT2D eigenvalue weighted by Crippen LogP contribution is -2.05. The zero-order valence-electron chi connectivity index (χ0n) is 17.3. The first-order chi connectivity index (χ1) is 16.0. The SMILES string of the molecule is COc1ccc2c(c1)c(C(=O)c1noc(-c3ccccn3)n1)c(Cl)n2Cc1ccc(Cl)cc1. The van der Waals surface area contributed by atoms with Crippen LogP contribution in [0.2, 0.25) is 10.2 Å². The molecule has 3 heterocycles. The molecule has 0 fully saturated rings. The van der Waals surface area contributed by atoms with Crippen LogP contribution in [0, 0.1) is 0 Å². The summed E-state index contributed by atoms with van der Waals surface area (Å²) in [5.41, 5.74) is 2.49. The number of ether oxygens (including phenoxy) is 1. The van der Waals surface area contributed by atoms with Crippen molar-refractivity contribution in [2.75, 3.05) is 7.11 Å². The number of aromatic nitrogens is 4. The minimum absolute atomic E-state index is 0.106. The van der Waals surface area contributed by atoms with Gasteiger partial charge in [-0.1, -0.05) is 46.6 Å². The summed E-state index contributed by atoms with van der Waals surface area (Å²) in [5.74, 6) is 0.182. The van der Waals surface area contributed by atoms with Crippen LogP contribution in [-0.4, -0.2) is 32.6 Å². The van der Waals surface area contributed by atoms with E-state index < -0.39 is 5.78 Å². The molecule has 0 bridgehead atoms. The van der Waals surface area contributed by atoms with E-state index in [0.29, 0.717) is 28.4 Å². The molecule has 5 rings (SSSR count). The molecule has 0 aliphatic heterocycles. The molecule has 0 N–H and O–H groups in total. The highest BCUT2D eigenvalue weighted by Crippen LogP contribution is 2.35. The third-order valence-electron chi connectivity index (χ3n) is 5.20. The van der Waals surface area contributed by atoms with Crippen molar-refractivity contribution in [1.29, 1.82) is 0 Å². The molecule has 0 saturated heterocycles. The Morgan fingerprint density at radius 1 is 1.09 bits per heavy atom. The first-order valence-corrected chi connectivity index (χ1v) is 10.7. The van der Waals surface area contributed by atoms with Gasteiger partial charge in [0.05, 0.1) is 18.2 Å². The normalized spacial score (nSPS) is 11.1. The zero-order chi connectivity index (χ0) is 22.9. The maximum absolute atomic E-state index is 13.5. The van der Waals surface area contributed by atoms with Gasteiger partial charge in [-0.2, -0.15) is 4.98 Å². The molecule has 7 nitrogen and oxygen atoms in total. The number of fused-ring (bicyclic) bond motifs is 1. The third kappa shape index (κ3) is 3.97. The van der Waals surface area contributed by atoms with Crippen LogP contribution in [-0.2, 0) is 6.54 Å². The summed E-state index contributed by atoms with van der Waals surface area (Å²) in [7, 11) is 1.56. The van der Waals surface area contributed by atoms with Gasteiger partial charge in [0.25, 0.3) is 5.89 Å². The number of nitrogens with zero attached hydrogens (tertiary/aromatic N) is 4.